The Morgan fingerprint density at radius 1 is 0.650 bits per heavy atom. The third-order valence-corrected chi connectivity index (χ3v) is 6.31. The van der Waals surface area contributed by atoms with Crippen LogP contribution in [-0.4, -0.2) is 21.0 Å². The van der Waals surface area contributed by atoms with Crippen LogP contribution in [0.15, 0.2) is 140 Å². The first-order valence-electron chi connectivity index (χ1n) is 12.5. The normalized spacial score (nSPS) is 11.2. The number of carbonyl (C=O) groups is 1. The molecule has 1 N–H and O–H groups in total. The number of rotatable bonds is 8. The first-order chi connectivity index (χ1) is 19.6. The molecule has 0 saturated carbocycles. The van der Waals surface area contributed by atoms with Gasteiger partial charge in [-0.15, -0.1) is 0 Å². The molecule has 0 spiro atoms. The molecule has 0 aliphatic carbocycles. The van der Waals surface area contributed by atoms with E-state index in [-0.39, 0.29) is 5.70 Å². The molecule has 0 fully saturated rings. The number of nitrogens with zero attached hydrogens (tertiary/aromatic N) is 4. The van der Waals surface area contributed by atoms with Crippen molar-refractivity contribution in [3.8, 4) is 22.3 Å². The Hall–Kier alpha value is -5.80. The molecule has 6 heteroatoms. The van der Waals surface area contributed by atoms with Crippen molar-refractivity contribution >= 4 is 29.1 Å². The zero-order valence-electron chi connectivity index (χ0n) is 21.4. The van der Waals surface area contributed by atoms with Crippen molar-refractivity contribution in [3.63, 3.8) is 0 Å². The van der Waals surface area contributed by atoms with Gasteiger partial charge in [-0.05, 0) is 94.6 Å². The van der Waals surface area contributed by atoms with Crippen molar-refractivity contribution in [1.29, 1.82) is 0 Å². The van der Waals surface area contributed by atoms with Crippen LogP contribution in [0.2, 0.25) is 0 Å². The summed E-state index contributed by atoms with van der Waals surface area (Å²) in [6.07, 6.45) is 11.8. The lowest BCUT2D eigenvalue weighted by Gasteiger charge is -2.26. The predicted octanol–water partition coefficient (Wildman–Crippen LogP) is 8.18. The van der Waals surface area contributed by atoms with Crippen molar-refractivity contribution in [2.75, 3.05) is 4.90 Å². The fourth-order valence-corrected chi connectivity index (χ4v) is 4.28. The molecule has 5 rings (SSSR count). The highest BCUT2D eigenvalue weighted by atomic mass is 16.4. The zero-order valence-corrected chi connectivity index (χ0v) is 21.4. The average molecular weight is 521 g/mol. The van der Waals surface area contributed by atoms with E-state index >= 15 is 0 Å². The second-order valence-electron chi connectivity index (χ2n) is 8.82. The fraction of sp³-hybridized carbons (Fsp3) is 0. The number of hydrogen-bond donors (Lipinski definition) is 1. The van der Waals surface area contributed by atoms with Gasteiger partial charge in [0, 0.05) is 41.8 Å². The lowest BCUT2D eigenvalue weighted by molar-refractivity contribution is -0.132. The van der Waals surface area contributed by atoms with Crippen LogP contribution in [0.3, 0.4) is 0 Å². The van der Waals surface area contributed by atoms with Crippen LogP contribution in [-0.2, 0) is 4.79 Å². The SMILES string of the molecule is [C-]#[N+]C(=CC=Cc1ccc(N(c2ccc(-c3ccncc3)cc2)c2ccc(-c3ccncc3)cc2)cc1)C(=O)O. The van der Waals surface area contributed by atoms with E-state index in [2.05, 4.69) is 68.2 Å². The van der Waals surface area contributed by atoms with E-state index in [0.717, 1.165) is 44.9 Å². The zero-order chi connectivity index (χ0) is 27.7. The summed E-state index contributed by atoms with van der Waals surface area (Å²) < 4.78 is 0. The molecule has 0 saturated heterocycles. The first-order valence-corrected chi connectivity index (χ1v) is 12.5. The number of pyridine rings is 2. The first kappa shape index (κ1) is 25.8. The smallest absolute Gasteiger partial charge is 0.333 e. The number of aliphatic carboxylic acids is 1. The molecule has 2 heterocycles. The minimum Gasteiger partial charge on any atom is -0.486 e. The highest BCUT2D eigenvalue weighted by Gasteiger charge is 2.13. The Bertz CT molecular complexity index is 1600. The minimum atomic E-state index is -1.24. The quantitative estimate of drug-likeness (QED) is 0.127. The summed E-state index contributed by atoms with van der Waals surface area (Å²) in [5.41, 5.74) is 7.94. The molecule has 0 aliphatic rings. The molecular weight excluding hydrogens is 496 g/mol. The largest absolute Gasteiger partial charge is 0.486 e. The van der Waals surface area contributed by atoms with Gasteiger partial charge in [-0.3, -0.25) is 14.8 Å². The van der Waals surface area contributed by atoms with Gasteiger partial charge < -0.3 is 10.0 Å². The van der Waals surface area contributed by atoms with Gasteiger partial charge in [0.25, 0.3) is 5.70 Å². The second-order valence-corrected chi connectivity index (χ2v) is 8.82. The second kappa shape index (κ2) is 12.2. The lowest BCUT2D eigenvalue weighted by Crippen LogP contribution is -2.09. The van der Waals surface area contributed by atoms with Gasteiger partial charge in [0.2, 0.25) is 0 Å². The van der Waals surface area contributed by atoms with Crippen molar-refractivity contribution in [1.82, 2.24) is 9.97 Å². The molecule has 0 bridgehead atoms. The van der Waals surface area contributed by atoms with Crippen LogP contribution in [0, 0.1) is 6.57 Å². The van der Waals surface area contributed by atoms with Crippen LogP contribution < -0.4 is 4.90 Å². The standard InChI is InChI=1S/C34H24N4O2/c1-35-33(34(39)40)4-2-3-25-5-11-30(12-6-25)38(31-13-7-26(8-14-31)28-17-21-36-22-18-28)32-15-9-27(10-16-32)29-19-23-37-24-20-29/h2-24H,(H,39,40). The molecule has 2 aromatic heterocycles. The Labute approximate surface area is 232 Å². The summed E-state index contributed by atoms with van der Waals surface area (Å²) in [5, 5.41) is 9.02. The number of benzene rings is 3. The summed E-state index contributed by atoms with van der Waals surface area (Å²) in [6.45, 7) is 6.97. The van der Waals surface area contributed by atoms with Crippen molar-refractivity contribution in [3.05, 3.63) is 157 Å². The number of anilines is 3. The summed E-state index contributed by atoms with van der Waals surface area (Å²) in [7, 11) is 0. The average Bonchev–Trinajstić information content (AvgIpc) is 3.01. The van der Waals surface area contributed by atoms with Gasteiger partial charge in [0.1, 0.15) is 0 Å². The Morgan fingerprint density at radius 2 is 1.05 bits per heavy atom. The Balaban J connectivity index is 1.48. The Morgan fingerprint density at radius 3 is 1.45 bits per heavy atom. The summed E-state index contributed by atoms with van der Waals surface area (Å²) >= 11 is 0. The van der Waals surface area contributed by atoms with E-state index in [9.17, 15) is 4.79 Å². The van der Waals surface area contributed by atoms with Gasteiger partial charge in [-0.1, -0.05) is 48.6 Å². The molecule has 3 aromatic carbocycles. The van der Waals surface area contributed by atoms with Gasteiger partial charge in [0.15, 0.2) is 0 Å². The maximum atomic E-state index is 11.0. The molecule has 0 radical (unpaired) electrons. The van der Waals surface area contributed by atoms with Gasteiger partial charge in [-0.2, -0.15) is 0 Å². The fourth-order valence-electron chi connectivity index (χ4n) is 4.28. The van der Waals surface area contributed by atoms with E-state index in [1.54, 1.807) is 36.9 Å². The lowest BCUT2D eigenvalue weighted by atomic mass is 10.0. The molecule has 5 aromatic rings. The molecule has 192 valence electrons. The van der Waals surface area contributed by atoms with Crippen molar-refractivity contribution in [2.45, 2.75) is 0 Å². The maximum Gasteiger partial charge on any atom is 0.333 e. The topological polar surface area (TPSA) is 70.7 Å². The monoisotopic (exact) mass is 520 g/mol. The van der Waals surface area contributed by atoms with Crippen LogP contribution in [0.25, 0.3) is 33.2 Å². The van der Waals surface area contributed by atoms with Crippen molar-refractivity contribution < 1.29 is 9.90 Å². The molecule has 6 nitrogen and oxygen atoms in total. The number of carboxylic acid groups (broad SMARTS) is 1. The van der Waals surface area contributed by atoms with E-state index < -0.39 is 5.97 Å². The highest BCUT2D eigenvalue weighted by molar-refractivity contribution is 5.89. The maximum absolute atomic E-state index is 11.0. The van der Waals surface area contributed by atoms with Crippen LogP contribution >= 0.6 is 0 Å². The highest BCUT2D eigenvalue weighted by Crippen LogP contribution is 2.36. The van der Waals surface area contributed by atoms with Gasteiger partial charge >= 0.3 is 5.97 Å². The number of hydrogen-bond acceptors (Lipinski definition) is 4. The van der Waals surface area contributed by atoms with Gasteiger partial charge in [-0.25, -0.2) is 4.85 Å². The molecule has 0 aliphatic heterocycles. The van der Waals surface area contributed by atoms with E-state index in [1.165, 1.54) is 6.08 Å². The Kier molecular flexibility index (Phi) is 7.85. The number of allylic oxidation sites excluding steroid dienone is 2. The third-order valence-electron chi connectivity index (χ3n) is 6.31. The summed E-state index contributed by atoms with van der Waals surface area (Å²) in [6, 6.07) is 32.7. The number of carboxylic acids is 1. The summed E-state index contributed by atoms with van der Waals surface area (Å²) in [5.74, 6) is -1.24. The number of aromatic nitrogens is 2. The van der Waals surface area contributed by atoms with E-state index in [1.807, 2.05) is 48.5 Å². The molecule has 0 atom stereocenters. The molecule has 0 amide bonds. The summed E-state index contributed by atoms with van der Waals surface area (Å²) in [4.78, 5) is 24.5. The van der Waals surface area contributed by atoms with E-state index in [0.29, 0.717) is 0 Å². The van der Waals surface area contributed by atoms with Crippen LogP contribution in [0.1, 0.15) is 5.56 Å². The predicted molar refractivity (Wildman–Crippen MR) is 159 cm³/mol. The third kappa shape index (κ3) is 6.01. The van der Waals surface area contributed by atoms with E-state index in [4.69, 9.17) is 11.7 Å². The minimum absolute atomic E-state index is 0.329. The molecular formula is C34H24N4O2. The van der Waals surface area contributed by atoms with Crippen LogP contribution in [0.4, 0.5) is 17.1 Å². The van der Waals surface area contributed by atoms with Gasteiger partial charge in [0.05, 0.1) is 6.57 Å². The van der Waals surface area contributed by atoms with Crippen molar-refractivity contribution in [2.24, 2.45) is 0 Å². The van der Waals surface area contributed by atoms with Crippen LogP contribution in [0.5, 0.6) is 0 Å². The molecule has 0 unspecified atom stereocenters. The molecule has 40 heavy (non-hydrogen) atoms.